The molecule has 26 heavy (non-hydrogen) atoms. The number of aromatic nitrogens is 3. The molecule has 2 N–H and O–H groups in total. The molecule has 0 aliphatic carbocycles. The van der Waals surface area contributed by atoms with Crippen LogP contribution in [0.1, 0.15) is 16.8 Å². The van der Waals surface area contributed by atoms with Gasteiger partial charge in [0.25, 0.3) is 5.56 Å². The Morgan fingerprint density at radius 3 is 2.73 bits per heavy atom. The summed E-state index contributed by atoms with van der Waals surface area (Å²) in [5.41, 5.74) is 4.74. The van der Waals surface area contributed by atoms with Crippen LogP contribution in [-0.2, 0) is 6.42 Å². The molecule has 2 aromatic heterocycles. The lowest BCUT2D eigenvalue weighted by molar-refractivity contribution is 0.475. The predicted molar refractivity (Wildman–Crippen MR) is 103 cm³/mol. The highest BCUT2D eigenvalue weighted by Gasteiger charge is 2.11. The number of hydrogen-bond acceptors (Lipinski definition) is 4. The van der Waals surface area contributed by atoms with Gasteiger partial charge in [-0.3, -0.25) is 9.89 Å². The molecule has 2 aromatic carbocycles. The van der Waals surface area contributed by atoms with Gasteiger partial charge in [0.1, 0.15) is 5.75 Å². The molecule has 0 bridgehead atoms. The first kappa shape index (κ1) is 16.4. The summed E-state index contributed by atoms with van der Waals surface area (Å²) in [5, 5.41) is 15.0. The van der Waals surface area contributed by atoms with E-state index in [9.17, 15) is 9.90 Å². The van der Waals surface area contributed by atoms with Gasteiger partial charge in [0.2, 0.25) is 5.13 Å². The number of hydrogen-bond donors (Lipinski definition) is 2. The van der Waals surface area contributed by atoms with E-state index >= 15 is 0 Å². The Labute approximate surface area is 154 Å². The zero-order chi connectivity index (χ0) is 18.1. The number of nitrogens with one attached hydrogen (secondary N) is 1. The van der Waals surface area contributed by atoms with Crippen LogP contribution < -0.4 is 5.56 Å². The normalized spacial score (nSPS) is 11.0. The van der Waals surface area contributed by atoms with Crippen molar-refractivity contribution in [2.75, 3.05) is 0 Å². The van der Waals surface area contributed by atoms with Crippen molar-refractivity contribution in [2.45, 2.75) is 13.3 Å². The van der Waals surface area contributed by atoms with E-state index in [0.717, 1.165) is 22.5 Å². The predicted octanol–water partition coefficient (Wildman–Crippen LogP) is 3.89. The lowest BCUT2D eigenvalue weighted by Crippen LogP contribution is -2.13. The number of nitrogens with zero attached hydrogens (tertiary/aromatic N) is 2. The molecule has 130 valence electrons. The monoisotopic (exact) mass is 363 g/mol. The van der Waals surface area contributed by atoms with Gasteiger partial charge in [-0.25, -0.2) is 4.98 Å². The number of thiazole rings is 1. The van der Waals surface area contributed by atoms with Crippen LogP contribution in [-0.4, -0.2) is 19.9 Å². The number of benzene rings is 2. The highest BCUT2D eigenvalue weighted by atomic mass is 32.1. The van der Waals surface area contributed by atoms with Crippen LogP contribution >= 0.6 is 11.3 Å². The van der Waals surface area contributed by atoms with Gasteiger partial charge in [-0.1, -0.05) is 29.8 Å². The third-order valence-electron chi connectivity index (χ3n) is 4.10. The third-order valence-corrected chi connectivity index (χ3v) is 4.92. The second-order valence-corrected chi connectivity index (χ2v) is 7.02. The van der Waals surface area contributed by atoms with Crippen LogP contribution in [0.15, 0.2) is 64.8 Å². The van der Waals surface area contributed by atoms with Crippen LogP contribution in [0.4, 0.5) is 0 Å². The molecule has 5 nitrogen and oxygen atoms in total. The standard InChI is InChI=1S/C20H17N3O2S/c1-13-3-2-4-14(9-13)10-16-11-19(25)23(22-16)20-21-18(12-26-20)15-5-7-17(24)8-6-15/h2-9,11-12,22,24H,10H2,1H3. The van der Waals surface area contributed by atoms with E-state index in [0.29, 0.717) is 11.6 Å². The Morgan fingerprint density at radius 2 is 1.96 bits per heavy atom. The zero-order valence-corrected chi connectivity index (χ0v) is 15.0. The zero-order valence-electron chi connectivity index (χ0n) is 14.1. The number of phenols is 1. The summed E-state index contributed by atoms with van der Waals surface area (Å²) < 4.78 is 1.47. The lowest BCUT2D eigenvalue weighted by atomic mass is 10.1. The van der Waals surface area contributed by atoms with E-state index in [4.69, 9.17) is 0 Å². The largest absolute Gasteiger partial charge is 0.508 e. The van der Waals surface area contributed by atoms with E-state index in [1.807, 2.05) is 11.4 Å². The molecule has 0 aliphatic rings. The van der Waals surface area contributed by atoms with Crippen LogP contribution in [0.3, 0.4) is 0 Å². The summed E-state index contributed by atoms with van der Waals surface area (Å²) in [7, 11) is 0. The number of H-pyrrole nitrogens is 1. The number of rotatable bonds is 4. The van der Waals surface area contributed by atoms with E-state index in [1.54, 1.807) is 30.3 Å². The SMILES string of the molecule is Cc1cccc(Cc2cc(=O)n(-c3nc(-c4ccc(O)cc4)cs3)[nH]2)c1. The van der Waals surface area contributed by atoms with Gasteiger partial charge in [0.05, 0.1) is 5.69 Å². The molecular weight excluding hydrogens is 346 g/mol. The molecular formula is C20H17N3O2S. The average molecular weight is 363 g/mol. The Kier molecular flexibility index (Phi) is 4.18. The Morgan fingerprint density at radius 1 is 1.15 bits per heavy atom. The van der Waals surface area contributed by atoms with Crippen molar-refractivity contribution in [3.05, 3.63) is 87.2 Å². The molecule has 0 amide bonds. The molecule has 0 saturated carbocycles. The molecule has 0 fully saturated rings. The minimum atomic E-state index is -0.126. The van der Waals surface area contributed by atoms with Crippen molar-refractivity contribution in [1.29, 1.82) is 0 Å². The van der Waals surface area contributed by atoms with Crippen LogP contribution in [0.2, 0.25) is 0 Å². The van der Waals surface area contributed by atoms with Crippen LogP contribution in [0.25, 0.3) is 16.4 Å². The van der Waals surface area contributed by atoms with Gasteiger partial charge in [-0.05, 0) is 36.8 Å². The fraction of sp³-hybridized carbons (Fsp3) is 0.100. The molecule has 0 saturated heterocycles. The minimum Gasteiger partial charge on any atom is -0.508 e. The summed E-state index contributed by atoms with van der Waals surface area (Å²) in [6, 6.07) is 16.7. The Bertz CT molecular complexity index is 1110. The number of aromatic amines is 1. The van der Waals surface area contributed by atoms with Crippen molar-refractivity contribution in [3.63, 3.8) is 0 Å². The minimum absolute atomic E-state index is 0.126. The van der Waals surface area contributed by atoms with E-state index < -0.39 is 0 Å². The maximum Gasteiger partial charge on any atom is 0.273 e. The summed E-state index contributed by atoms with van der Waals surface area (Å²) in [6.07, 6.45) is 0.667. The molecule has 4 rings (SSSR count). The smallest absolute Gasteiger partial charge is 0.273 e. The number of aryl methyl sites for hydroxylation is 1. The van der Waals surface area contributed by atoms with Gasteiger partial charge in [0.15, 0.2) is 0 Å². The Balaban J connectivity index is 1.62. The second-order valence-electron chi connectivity index (χ2n) is 6.18. The summed E-state index contributed by atoms with van der Waals surface area (Å²) >= 11 is 1.40. The van der Waals surface area contributed by atoms with Gasteiger partial charge in [-0.2, -0.15) is 4.68 Å². The summed E-state index contributed by atoms with van der Waals surface area (Å²) in [5.74, 6) is 0.214. The Hall–Kier alpha value is -3.12. The van der Waals surface area contributed by atoms with Gasteiger partial charge < -0.3 is 5.11 Å². The van der Waals surface area contributed by atoms with Crippen molar-refractivity contribution in [2.24, 2.45) is 0 Å². The topological polar surface area (TPSA) is 70.9 Å². The average Bonchev–Trinajstić information content (AvgIpc) is 3.22. The molecule has 2 heterocycles. The van der Waals surface area contributed by atoms with Crippen molar-refractivity contribution >= 4 is 11.3 Å². The highest BCUT2D eigenvalue weighted by molar-refractivity contribution is 7.12. The molecule has 6 heteroatoms. The van der Waals surface area contributed by atoms with Crippen molar-refractivity contribution in [1.82, 2.24) is 14.8 Å². The quantitative estimate of drug-likeness (QED) is 0.578. The number of phenolic OH excluding ortho intramolecular Hbond substituents is 1. The molecule has 0 radical (unpaired) electrons. The molecule has 0 aliphatic heterocycles. The van der Waals surface area contributed by atoms with E-state index in [1.165, 1.54) is 21.6 Å². The van der Waals surface area contributed by atoms with Crippen molar-refractivity contribution in [3.8, 4) is 22.1 Å². The molecule has 4 aromatic rings. The molecule has 0 spiro atoms. The number of aromatic hydroxyl groups is 1. The van der Waals surface area contributed by atoms with Gasteiger partial charge in [-0.15, -0.1) is 11.3 Å². The molecule has 0 unspecified atom stereocenters. The van der Waals surface area contributed by atoms with Crippen molar-refractivity contribution < 1.29 is 5.11 Å². The fourth-order valence-electron chi connectivity index (χ4n) is 2.85. The first-order valence-corrected chi connectivity index (χ1v) is 9.08. The highest BCUT2D eigenvalue weighted by Crippen LogP contribution is 2.25. The second kappa shape index (κ2) is 6.65. The first-order chi connectivity index (χ1) is 12.6. The van der Waals surface area contributed by atoms with Crippen LogP contribution in [0, 0.1) is 6.92 Å². The van der Waals surface area contributed by atoms with E-state index in [-0.39, 0.29) is 11.3 Å². The lowest BCUT2D eigenvalue weighted by Gasteiger charge is -2.01. The third kappa shape index (κ3) is 3.32. The fourth-order valence-corrected chi connectivity index (χ4v) is 3.65. The maximum atomic E-state index is 12.4. The first-order valence-electron chi connectivity index (χ1n) is 8.20. The van der Waals surface area contributed by atoms with Gasteiger partial charge in [0, 0.05) is 29.1 Å². The van der Waals surface area contributed by atoms with Gasteiger partial charge >= 0.3 is 0 Å². The summed E-state index contributed by atoms with van der Waals surface area (Å²) in [6.45, 7) is 2.05. The summed E-state index contributed by atoms with van der Waals surface area (Å²) in [4.78, 5) is 16.9. The maximum absolute atomic E-state index is 12.4. The van der Waals surface area contributed by atoms with Crippen LogP contribution in [0.5, 0.6) is 5.75 Å². The molecule has 0 atom stereocenters. The van der Waals surface area contributed by atoms with E-state index in [2.05, 4.69) is 35.2 Å².